The van der Waals surface area contributed by atoms with Gasteiger partial charge in [-0.3, -0.25) is 9.59 Å². The number of rotatable bonds is 12. The minimum Gasteiger partial charge on any atom is -0.444 e. The summed E-state index contributed by atoms with van der Waals surface area (Å²) in [6.07, 6.45) is 7.11. The number of hydrogen-bond donors (Lipinski definition) is 3. The van der Waals surface area contributed by atoms with Crippen molar-refractivity contribution >= 4 is 30.5 Å². The number of aryl methyl sites for hydroxylation is 1. The third kappa shape index (κ3) is 10.7. The smallest absolute Gasteiger partial charge is 0.408 e. The number of nitrogens with one attached hydrogen (secondary N) is 2. The molecule has 2 rings (SSSR count). The maximum absolute atomic E-state index is 14.2. The molecule has 1 saturated carbocycles. The summed E-state index contributed by atoms with van der Waals surface area (Å²) in [7, 11) is 0. The van der Waals surface area contributed by atoms with E-state index in [2.05, 4.69) is 44.0 Å². The van der Waals surface area contributed by atoms with Gasteiger partial charge in [0.05, 0.1) is 0 Å². The van der Waals surface area contributed by atoms with Crippen LogP contribution in [0.5, 0.6) is 0 Å². The summed E-state index contributed by atoms with van der Waals surface area (Å²) in [5, 5.41) is 5.97. The van der Waals surface area contributed by atoms with Crippen LogP contribution in [0.15, 0.2) is 24.3 Å². The molecule has 220 valence electrons. The van der Waals surface area contributed by atoms with E-state index in [0.29, 0.717) is 5.92 Å². The Hall–Kier alpha value is -2.22. The number of carbonyl (C=O) groups excluding carboxylic acids is 3. The zero-order valence-corrected chi connectivity index (χ0v) is 26.0. The Morgan fingerprint density at radius 2 is 1.64 bits per heavy atom. The van der Waals surface area contributed by atoms with Gasteiger partial charge < -0.3 is 20.3 Å². The van der Waals surface area contributed by atoms with Gasteiger partial charge in [0.15, 0.2) is 0 Å². The number of amides is 3. The van der Waals surface area contributed by atoms with E-state index in [4.69, 9.17) is 4.74 Å². The lowest BCUT2D eigenvalue weighted by Gasteiger charge is -2.39. The predicted molar refractivity (Wildman–Crippen MR) is 161 cm³/mol. The van der Waals surface area contributed by atoms with Crippen molar-refractivity contribution in [3.05, 3.63) is 35.4 Å². The summed E-state index contributed by atoms with van der Waals surface area (Å²) in [6, 6.07) is 6.05. The second-order valence-corrected chi connectivity index (χ2v) is 12.7. The molecule has 3 atom stereocenters. The van der Waals surface area contributed by atoms with Crippen molar-refractivity contribution in [2.45, 2.75) is 130 Å². The van der Waals surface area contributed by atoms with Crippen molar-refractivity contribution in [3.63, 3.8) is 0 Å². The maximum Gasteiger partial charge on any atom is 0.408 e. The van der Waals surface area contributed by atoms with Crippen molar-refractivity contribution in [3.8, 4) is 0 Å². The van der Waals surface area contributed by atoms with E-state index in [1.54, 1.807) is 25.7 Å². The molecular weight excluding hydrogens is 510 g/mol. The highest BCUT2D eigenvalue weighted by Crippen LogP contribution is 2.29. The van der Waals surface area contributed by atoms with Crippen LogP contribution in [-0.2, 0) is 20.7 Å². The van der Waals surface area contributed by atoms with Gasteiger partial charge in [-0.2, -0.15) is 12.6 Å². The second kappa shape index (κ2) is 15.5. The Morgan fingerprint density at radius 1 is 1.03 bits per heavy atom. The highest BCUT2D eigenvalue weighted by molar-refractivity contribution is 7.80. The highest BCUT2D eigenvalue weighted by Gasteiger charge is 2.39. The van der Waals surface area contributed by atoms with Gasteiger partial charge in [0.2, 0.25) is 11.8 Å². The Balaban J connectivity index is 2.49. The van der Waals surface area contributed by atoms with Crippen LogP contribution in [0.25, 0.3) is 0 Å². The molecule has 3 amide bonds. The molecule has 0 spiro atoms. The van der Waals surface area contributed by atoms with Crippen LogP contribution in [-0.4, -0.2) is 52.3 Å². The maximum atomic E-state index is 14.2. The number of hydrogen-bond acceptors (Lipinski definition) is 5. The standard InChI is InChI=1S/C31H51N3O4S/c1-8-23-16-18-24(19-17-23)27(28(35)32-25-12-10-9-11-13-25)34(22(4)15-14-21(2)3)29(36)26(20-39)33-30(37)38-31(5,6)7/h16-19,21-22,25-27,39H,8-15,20H2,1-7H3,(H,32,35)(H,33,37). The Labute approximate surface area is 241 Å². The van der Waals surface area contributed by atoms with Crippen molar-refractivity contribution < 1.29 is 19.1 Å². The van der Waals surface area contributed by atoms with Gasteiger partial charge in [-0.25, -0.2) is 4.79 Å². The van der Waals surface area contributed by atoms with Gasteiger partial charge in [0.1, 0.15) is 17.7 Å². The summed E-state index contributed by atoms with van der Waals surface area (Å²) in [5.74, 6) is 0.0156. The van der Waals surface area contributed by atoms with Gasteiger partial charge >= 0.3 is 6.09 Å². The van der Waals surface area contributed by atoms with Crippen LogP contribution in [0.3, 0.4) is 0 Å². The first-order chi connectivity index (χ1) is 18.4. The summed E-state index contributed by atoms with van der Waals surface area (Å²) >= 11 is 4.41. The third-order valence-corrected chi connectivity index (χ3v) is 7.61. The Morgan fingerprint density at radius 3 is 2.15 bits per heavy atom. The third-order valence-electron chi connectivity index (χ3n) is 7.24. The zero-order valence-electron chi connectivity index (χ0n) is 25.1. The van der Waals surface area contributed by atoms with Gasteiger partial charge in [0.25, 0.3) is 0 Å². The lowest BCUT2D eigenvalue weighted by Crippen LogP contribution is -2.57. The summed E-state index contributed by atoms with van der Waals surface area (Å²) in [5.41, 5.74) is 1.22. The zero-order chi connectivity index (χ0) is 29.2. The summed E-state index contributed by atoms with van der Waals surface area (Å²) < 4.78 is 5.42. The number of alkyl carbamates (subject to hydrolysis) is 1. The van der Waals surface area contributed by atoms with E-state index in [1.165, 1.54) is 6.42 Å². The molecule has 7 nitrogen and oxygen atoms in total. The predicted octanol–water partition coefficient (Wildman–Crippen LogP) is 6.22. The molecule has 0 aliphatic heterocycles. The summed E-state index contributed by atoms with van der Waals surface area (Å²) in [6.45, 7) is 13.7. The molecule has 0 bridgehead atoms. The molecule has 2 N–H and O–H groups in total. The average Bonchev–Trinajstić information content (AvgIpc) is 2.88. The molecule has 0 heterocycles. The van der Waals surface area contributed by atoms with E-state index in [0.717, 1.165) is 56.1 Å². The van der Waals surface area contributed by atoms with E-state index in [-0.39, 0.29) is 29.7 Å². The topological polar surface area (TPSA) is 87.7 Å². The monoisotopic (exact) mass is 561 g/mol. The molecule has 1 fully saturated rings. The van der Waals surface area contributed by atoms with E-state index in [1.807, 2.05) is 31.2 Å². The number of benzene rings is 1. The Kier molecular flexibility index (Phi) is 13.1. The lowest BCUT2D eigenvalue weighted by molar-refractivity contribution is -0.145. The number of ether oxygens (including phenoxy) is 1. The van der Waals surface area contributed by atoms with Crippen molar-refractivity contribution in [1.29, 1.82) is 0 Å². The molecule has 0 saturated heterocycles. The minimum absolute atomic E-state index is 0.0806. The molecule has 8 heteroatoms. The van der Waals surface area contributed by atoms with Crippen molar-refractivity contribution in [2.24, 2.45) is 5.92 Å². The van der Waals surface area contributed by atoms with Crippen LogP contribution in [0.2, 0.25) is 0 Å². The van der Waals surface area contributed by atoms with Crippen LogP contribution in [0.1, 0.15) is 111 Å². The molecule has 0 aromatic heterocycles. The molecule has 1 aliphatic rings. The number of carbonyl (C=O) groups is 3. The highest BCUT2D eigenvalue weighted by atomic mass is 32.1. The van der Waals surface area contributed by atoms with Crippen LogP contribution in [0, 0.1) is 5.92 Å². The van der Waals surface area contributed by atoms with Crippen LogP contribution >= 0.6 is 12.6 Å². The van der Waals surface area contributed by atoms with E-state index < -0.39 is 23.8 Å². The normalized spacial score (nSPS) is 16.7. The fourth-order valence-electron chi connectivity index (χ4n) is 5.03. The molecule has 39 heavy (non-hydrogen) atoms. The fraction of sp³-hybridized carbons (Fsp3) is 0.710. The van der Waals surface area contributed by atoms with E-state index >= 15 is 0 Å². The largest absolute Gasteiger partial charge is 0.444 e. The second-order valence-electron chi connectivity index (χ2n) is 12.3. The first-order valence-electron chi connectivity index (χ1n) is 14.7. The fourth-order valence-corrected chi connectivity index (χ4v) is 5.28. The van der Waals surface area contributed by atoms with Gasteiger partial charge in [-0.1, -0.05) is 64.3 Å². The first-order valence-corrected chi connectivity index (χ1v) is 15.3. The van der Waals surface area contributed by atoms with Crippen molar-refractivity contribution in [2.75, 3.05) is 5.75 Å². The quantitative estimate of drug-likeness (QED) is 0.265. The van der Waals surface area contributed by atoms with Crippen molar-refractivity contribution in [1.82, 2.24) is 15.5 Å². The van der Waals surface area contributed by atoms with Crippen LogP contribution in [0.4, 0.5) is 4.79 Å². The van der Waals surface area contributed by atoms with Crippen LogP contribution < -0.4 is 10.6 Å². The molecule has 1 aliphatic carbocycles. The molecule has 1 aromatic rings. The first kappa shape index (κ1) is 33.0. The molecule has 0 radical (unpaired) electrons. The van der Waals surface area contributed by atoms with Gasteiger partial charge in [-0.15, -0.1) is 0 Å². The minimum atomic E-state index is -0.940. The van der Waals surface area contributed by atoms with E-state index in [9.17, 15) is 14.4 Å². The van der Waals surface area contributed by atoms with Gasteiger partial charge in [-0.05, 0) is 76.8 Å². The lowest BCUT2D eigenvalue weighted by atomic mass is 9.93. The molecule has 1 aromatic carbocycles. The Bertz CT molecular complexity index is 923. The SMILES string of the molecule is CCc1ccc(C(C(=O)NC2CCCCC2)N(C(=O)C(CS)NC(=O)OC(C)(C)C)C(C)CCC(C)C)cc1. The molecular formula is C31H51N3O4S. The summed E-state index contributed by atoms with van der Waals surface area (Å²) in [4.78, 5) is 42.6. The number of thiol groups is 1. The van der Waals surface area contributed by atoms with Gasteiger partial charge in [0, 0.05) is 17.8 Å². The molecule has 3 unspecified atom stereocenters. The average molecular weight is 562 g/mol. The number of nitrogens with zero attached hydrogens (tertiary/aromatic N) is 1.